The molecule has 0 unspecified atom stereocenters. The molecule has 0 bridgehead atoms. The van der Waals surface area contributed by atoms with Crippen LogP contribution < -0.4 is 0 Å². The van der Waals surface area contributed by atoms with Crippen LogP contribution in [-0.4, -0.2) is 16.7 Å². The number of aromatic nitrogens is 2. The lowest BCUT2D eigenvalue weighted by Gasteiger charge is -1.93. The van der Waals surface area contributed by atoms with Crippen LogP contribution >= 0.6 is 12.4 Å². The van der Waals surface area contributed by atoms with E-state index in [-0.39, 0.29) is 19.0 Å². The van der Waals surface area contributed by atoms with Gasteiger partial charge in [0.05, 0.1) is 0 Å². The highest BCUT2D eigenvalue weighted by Crippen LogP contribution is 1.91. The van der Waals surface area contributed by atoms with Crippen molar-refractivity contribution in [3.8, 4) is 0 Å². The minimum absolute atomic E-state index is 0. The Morgan fingerprint density at radius 3 is 3.00 bits per heavy atom. The smallest absolute Gasteiger partial charge is 0.293 e. The van der Waals surface area contributed by atoms with Crippen molar-refractivity contribution in [3.63, 3.8) is 0 Å². The Kier molecular flexibility index (Phi) is 5.02. The second-order valence-electron chi connectivity index (χ2n) is 1.62. The molecule has 0 aliphatic heterocycles. The maximum Gasteiger partial charge on any atom is 0.293 e. The number of nitrogens with zero attached hydrogens (tertiary/aromatic N) is 2. The first-order chi connectivity index (χ1) is 4.93. The molecule has 11 heavy (non-hydrogen) atoms. The summed E-state index contributed by atoms with van der Waals surface area (Å²) in [6.45, 7) is 0.575. The highest BCUT2D eigenvalue weighted by molar-refractivity contribution is 5.85. The normalized spacial score (nSPS) is 8.00. The Balaban J connectivity index is 0.000001000. The number of halogens is 1. The Labute approximate surface area is 70.0 Å². The zero-order valence-electron chi connectivity index (χ0n) is 5.64. The lowest BCUT2D eigenvalue weighted by molar-refractivity contribution is -0.129. The van der Waals surface area contributed by atoms with E-state index in [4.69, 9.17) is 0 Å². The summed E-state index contributed by atoms with van der Waals surface area (Å²) in [6, 6.07) is 3.47. The molecule has 1 rings (SSSR count). The molecule has 0 aromatic carbocycles. The molecule has 1 aromatic rings. The third-order valence-electron chi connectivity index (χ3n) is 0.927. The van der Waals surface area contributed by atoms with Crippen molar-refractivity contribution >= 4 is 18.9 Å². The van der Waals surface area contributed by atoms with Gasteiger partial charge in [-0.25, -0.2) is 0 Å². The summed E-state index contributed by atoms with van der Waals surface area (Å²) in [4.78, 5) is 9.71. The van der Waals surface area contributed by atoms with Gasteiger partial charge >= 0.3 is 0 Å². The lowest BCUT2D eigenvalue weighted by atomic mass is 10.4. The largest absolute Gasteiger partial charge is 0.461 e. The van der Waals surface area contributed by atoms with Gasteiger partial charge in [0.15, 0.2) is 0 Å². The van der Waals surface area contributed by atoms with Gasteiger partial charge in [-0.1, -0.05) is 0 Å². The Morgan fingerprint density at radius 2 is 2.45 bits per heavy atom. The van der Waals surface area contributed by atoms with Crippen LogP contribution in [0.4, 0.5) is 0 Å². The quantitative estimate of drug-likeness (QED) is 0.629. The third kappa shape index (κ3) is 3.52. The van der Waals surface area contributed by atoms with Gasteiger partial charge in [0.2, 0.25) is 0 Å². The monoisotopic (exact) mass is 174 g/mol. The zero-order chi connectivity index (χ0) is 7.23. The topological polar surface area (TPSA) is 52.1 Å². The second-order valence-corrected chi connectivity index (χ2v) is 1.62. The van der Waals surface area contributed by atoms with Gasteiger partial charge in [-0.05, 0) is 12.1 Å². The first-order valence-corrected chi connectivity index (χ1v) is 2.75. The number of hydrogen-bond acceptors (Lipinski definition) is 4. The van der Waals surface area contributed by atoms with Crippen LogP contribution in [0, 0.1) is 0 Å². The van der Waals surface area contributed by atoms with Crippen LogP contribution in [0.2, 0.25) is 0 Å². The minimum atomic E-state index is 0. The highest BCUT2D eigenvalue weighted by Gasteiger charge is 1.90. The minimum Gasteiger partial charge on any atom is -0.461 e. The standard InChI is InChI=1S/C6H6N2O2.ClH/c9-5-10-4-6-2-1-3-7-8-6;/h1-3,5H,4H2;1H. The molecule has 4 nitrogen and oxygen atoms in total. The third-order valence-corrected chi connectivity index (χ3v) is 0.927. The fourth-order valence-corrected chi connectivity index (χ4v) is 0.530. The molecule has 0 aliphatic carbocycles. The van der Waals surface area contributed by atoms with E-state index in [1.54, 1.807) is 18.3 Å². The summed E-state index contributed by atoms with van der Waals surface area (Å²) in [5.41, 5.74) is 0.648. The summed E-state index contributed by atoms with van der Waals surface area (Å²) in [7, 11) is 0. The molecule has 60 valence electrons. The molecule has 0 saturated heterocycles. The fourth-order valence-electron chi connectivity index (χ4n) is 0.530. The van der Waals surface area contributed by atoms with Gasteiger partial charge in [-0.2, -0.15) is 10.2 Å². The maximum atomic E-state index is 9.71. The van der Waals surface area contributed by atoms with E-state index < -0.39 is 0 Å². The average Bonchev–Trinajstić information content (AvgIpc) is 2.03. The van der Waals surface area contributed by atoms with Crippen molar-refractivity contribution in [2.45, 2.75) is 6.61 Å². The molecule has 1 heterocycles. The van der Waals surface area contributed by atoms with E-state index in [2.05, 4.69) is 14.9 Å². The maximum absolute atomic E-state index is 9.71. The van der Waals surface area contributed by atoms with E-state index in [1.165, 1.54) is 0 Å². The predicted octanol–water partition coefficient (Wildman–Crippen LogP) is 0.571. The summed E-state index contributed by atoms with van der Waals surface area (Å²) >= 11 is 0. The summed E-state index contributed by atoms with van der Waals surface area (Å²) in [5.74, 6) is 0. The number of carbonyl (C=O) groups is 1. The number of hydrogen-bond donors (Lipinski definition) is 0. The van der Waals surface area contributed by atoms with Crippen LogP contribution in [0.1, 0.15) is 5.69 Å². The SMILES string of the molecule is Cl.O=COCc1cccnn1. The Bertz CT molecular complexity index is 205. The zero-order valence-corrected chi connectivity index (χ0v) is 6.45. The number of rotatable bonds is 3. The Morgan fingerprint density at radius 1 is 1.64 bits per heavy atom. The van der Waals surface area contributed by atoms with Gasteiger partial charge in [-0.15, -0.1) is 12.4 Å². The first-order valence-electron chi connectivity index (χ1n) is 2.75. The van der Waals surface area contributed by atoms with Crippen molar-refractivity contribution in [3.05, 3.63) is 24.0 Å². The van der Waals surface area contributed by atoms with Crippen LogP contribution in [0.15, 0.2) is 18.3 Å². The molecule has 0 saturated carbocycles. The molecule has 0 N–H and O–H groups in total. The molecule has 0 amide bonds. The van der Waals surface area contributed by atoms with Crippen molar-refractivity contribution in [2.24, 2.45) is 0 Å². The van der Waals surface area contributed by atoms with Crippen LogP contribution in [0.25, 0.3) is 0 Å². The molecule has 1 aromatic heterocycles. The second kappa shape index (κ2) is 5.61. The van der Waals surface area contributed by atoms with Crippen molar-refractivity contribution < 1.29 is 9.53 Å². The number of carbonyl (C=O) groups excluding carboxylic acids is 1. The van der Waals surface area contributed by atoms with Crippen LogP contribution in [-0.2, 0) is 16.1 Å². The van der Waals surface area contributed by atoms with E-state index in [0.29, 0.717) is 12.2 Å². The van der Waals surface area contributed by atoms with Gasteiger partial charge in [0, 0.05) is 6.20 Å². The van der Waals surface area contributed by atoms with E-state index in [0.717, 1.165) is 0 Å². The van der Waals surface area contributed by atoms with E-state index in [1.807, 2.05) is 0 Å². The molecule has 0 aliphatic rings. The number of ether oxygens (including phenoxy) is 1. The summed E-state index contributed by atoms with van der Waals surface area (Å²) in [6.07, 6.45) is 1.56. The van der Waals surface area contributed by atoms with Crippen LogP contribution in [0.5, 0.6) is 0 Å². The van der Waals surface area contributed by atoms with Crippen molar-refractivity contribution in [1.82, 2.24) is 10.2 Å². The highest BCUT2D eigenvalue weighted by atomic mass is 35.5. The van der Waals surface area contributed by atoms with Gasteiger partial charge in [-0.3, -0.25) is 4.79 Å². The van der Waals surface area contributed by atoms with Gasteiger partial charge in [0.25, 0.3) is 6.47 Å². The average molecular weight is 175 g/mol. The lowest BCUT2D eigenvalue weighted by Crippen LogP contribution is -1.94. The molecule has 0 radical (unpaired) electrons. The summed E-state index contributed by atoms with van der Waals surface area (Å²) < 4.78 is 4.44. The molecule has 0 fully saturated rings. The van der Waals surface area contributed by atoms with Gasteiger partial charge in [0.1, 0.15) is 12.3 Å². The van der Waals surface area contributed by atoms with Crippen LogP contribution in [0.3, 0.4) is 0 Å². The fraction of sp³-hybridized carbons (Fsp3) is 0.167. The predicted molar refractivity (Wildman–Crippen MR) is 40.1 cm³/mol. The Hall–Kier alpha value is -1.16. The molecule has 0 atom stereocenters. The van der Waals surface area contributed by atoms with Crippen molar-refractivity contribution in [1.29, 1.82) is 0 Å². The van der Waals surface area contributed by atoms with Crippen molar-refractivity contribution in [2.75, 3.05) is 0 Å². The molecule has 0 spiro atoms. The van der Waals surface area contributed by atoms with E-state index in [9.17, 15) is 4.79 Å². The summed E-state index contributed by atoms with van der Waals surface area (Å²) in [5, 5.41) is 7.27. The van der Waals surface area contributed by atoms with E-state index >= 15 is 0 Å². The first kappa shape index (κ1) is 9.84. The molecular formula is C6H7ClN2O2. The van der Waals surface area contributed by atoms with Gasteiger partial charge < -0.3 is 4.74 Å². The molecular weight excluding hydrogens is 168 g/mol. The molecule has 5 heteroatoms.